The first-order chi connectivity index (χ1) is 7.70. The van der Waals surface area contributed by atoms with E-state index in [1.807, 2.05) is 13.8 Å². The third kappa shape index (κ3) is 2.76. The minimum atomic E-state index is -5.55. The van der Waals surface area contributed by atoms with Gasteiger partial charge in [0.2, 0.25) is 0 Å². The van der Waals surface area contributed by atoms with Crippen LogP contribution in [0.25, 0.3) is 0 Å². The molecule has 0 amide bonds. The van der Waals surface area contributed by atoms with E-state index >= 15 is 0 Å². The lowest BCUT2D eigenvalue weighted by Crippen LogP contribution is -2.33. The van der Waals surface area contributed by atoms with E-state index < -0.39 is 17.7 Å². The Kier molecular flexibility index (Phi) is 3.79. The fourth-order valence-electron chi connectivity index (χ4n) is 1.42. The van der Waals surface area contributed by atoms with Crippen LogP contribution in [0.15, 0.2) is 24.3 Å². The summed E-state index contributed by atoms with van der Waals surface area (Å²) in [6.07, 6.45) is -4.75. The van der Waals surface area contributed by atoms with Crippen molar-refractivity contribution >= 4 is 0 Å². The van der Waals surface area contributed by atoms with Crippen LogP contribution in [-0.2, 0) is 5.92 Å². The summed E-state index contributed by atoms with van der Waals surface area (Å²) in [5, 5.41) is 0. The minimum absolute atomic E-state index is 0.142. The van der Waals surface area contributed by atoms with Crippen LogP contribution in [0.5, 0.6) is 0 Å². The van der Waals surface area contributed by atoms with Gasteiger partial charge in [0, 0.05) is 5.56 Å². The Balaban J connectivity index is 3.03. The van der Waals surface area contributed by atoms with Gasteiger partial charge in [0.15, 0.2) is 0 Å². The summed E-state index contributed by atoms with van der Waals surface area (Å²) in [5.74, 6) is -4.65. The molecule has 0 aromatic heterocycles. The molecule has 0 heterocycles. The molecule has 0 nitrogen and oxygen atoms in total. The molecule has 0 N–H and O–H groups in total. The van der Waals surface area contributed by atoms with Crippen molar-refractivity contribution in [2.75, 3.05) is 0 Å². The van der Waals surface area contributed by atoms with Gasteiger partial charge >= 0.3 is 12.1 Å². The zero-order chi connectivity index (χ0) is 13.3. The third-order valence-corrected chi connectivity index (χ3v) is 2.81. The van der Waals surface area contributed by atoms with E-state index in [0.29, 0.717) is 0 Å². The van der Waals surface area contributed by atoms with Gasteiger partial charge in [0.05, 0.1) is 0 Å². The monoisotopic (exact) mass is 252 g/mol. The van der Waals surface area contributed by atoms with Crippen LogP contribution in [0.1, 0.15) is 37.3 Å². The predicted octanol–water partition coefficient (Wildman–Crippen LogP) is 4.85. The number of hydrogen-bond acceptors (Lipinski definition) is 0. The lowest BCUT2D eigenvalue weighted by atomic mass is 9.96. The molecule has 0 radical (unpaired) electrons. The molecular formula is C12H13F5. The summed E-state index contributed by atoms with van der Waals surface area (Å²) in [6, 6.07) is 4.33. The second kappa shape index (κ2) is 4.63. The molecule has 1 unspecified atom stereocenters. The molecule has 0 fully saturated rings. The standard InChI is InChI=1S/C12H13F5/c1-3-8(2)9-4-6-10(7-5-9)11(13,14)12(15,16)17/h4-8H,3H2,1-2H3. The third-order valence-electron chi connectivity index (χ3n) is 2.81. The van der Waals surface area contributed by atoms with E-state index in [1.165, 1.54) is 12.1 Å². The SMILES string of the molecule is CCC(C)c1ccc(C(F)(F)C(F)(F)F)cc1. The zero-order valence-electron chi connectivity index (χ0n) is 9.48. The summed E-state index contributed by atoms with van der Waals surface area (Å²) in [4.78, 5) is 0. The van der Waals surface area contributed by atoms with Crippen molar-refractivity contribution in [3.05, 3.63) is 35.4 Å². The van der Waals surface area contributed by atoms with Crippen LogP contribution in [0.2, 0.25) is 0 Å². The molecule has 0 aliphatic rings. The molecule has 1 rings (SSSR count). The Morgan fingerprint density at radius 3 is 1.82 bits per heavy atom. The Morgan fingerprint density at radius 2 is 1.47 bits per heavy atom. The van der Waals surface area contributed by atoms with E-state index in [1.54, 1.807) is 0 Å². The number of rotatable bonds is 3. The Labute approximate surface area is 96.4 Å². The van der Waals surface area contributed by atoms with Crippen LogP contribution in [-0.4, -0.2) is 6.18 Å². The van der Waals surface area contributed by atoms with Crippen molar-refractivity contribution in [2.45, 2.75) is 38.3 Å². The van der Waals surface area contributed by atoms with Gasteiger partial charge in [-0.15, -0.1) is 0 Å². The van der Waals surface area contributed by atoms with Crippen LogP contribution in [0.4, 0.5) is 22.0 Å². The summed E-state index contributed by atoms with van der Waals surface area (Å²) >= 11 is 0. The number of benzene rings is 1. The predicted molar refractivity (Wildman–Crippen MR) is 55.1 cm³/mol. The van der Waals surface area contributed by atoms with Gasteiger partial charge in [0.1, 0.15) is 0 Å². The molecule has 0 aliphatic heterocycles. The molecule has 0 spiro atoms. The van der Waals surface area contributed by atoms with Crippen molar-refractivity contribution in [1.29, 1.82) is 0 Å². The molecule has 1 aromatic carbocycles. The molecule has 0 saturated carbocycles. The van der Waals surface area contributed by atoms with Crippen molar-refractivity contribution < 1.29 is 22.0 Å². The highest BCUT2D eigenvalue weighted by Crippen LogP contribution is 2.43. The smallest absolute Gasteiger partial charge is 0.191 e. The first-order valence-corrected chi connectivity index (χ1v) is 5.25. The zero-order valence-corrected chi connectivity index (χ0v) is 9.48. The van der Waals surface area contributed by atoms with E-state index in [2.05, 4.69) is 0 Å². The van der Waals surface area contributed by atoms with E-state index in [4.69, 9.17) is 0 Å². The Bertz CT molecular complexity index is 363. The molecule has 1 atom stereocenters. The second-order valence-electron chi connectivity index (χ2n) is 4.00. The van der Waals surface area contributed by atoms with Gasteiger partial charge in [-0.25, -0.2) is 0 Å². The lowest BCUT2D eigenvalue weighted by Gasteiger charge is -2.20. The average molecular weight is 252 g/mol. The topological polar surface area (TPSA) is 0 Å². The maximum atomic E-state index is 13.0. The highest BCUT2D eigenvalue weighted by molar-refractivity contribution is 5.28. The molecule has 5 heteroatoms. The van der Waals surface area contributed by atoms with Gasteiger partial charge in [-0.2, -0.15) is 22.0 Å². The quantitative estimate of drug-likeness (QED) is 0.674. The summed E-state index contributed by atoms with van der Waals surface area (Å²) < 4.78 is 62.2. The molecule has 1 aromatic rings. The van der Waals surface area contributed by atoms with Crippen molar-refractivity contribution in [3.8, 4) is 0 Å². The maximum Gasteiger partial charge on any atom is 0.458 e. The van der Waals surface area contributed by atoms with Gasteiger partial charge < -0.3 is 0 Å². The Hall–Kier alpha value is -1.13. The van der Waals surface area contributed by atoms with E-state index in [9.17, 15) is 22.0 Å². The number of halogens is 5. The van der Waals surface area contributed by atoms with Crippen LogP contribution >= 0.6 is 0 Å². The number of alkyl halides is 5. The minimum Gasteiger partial charge on any atom is -0.191 e. The van der Waals surface area contributed by atoms with Crippen molar-refractivity contribution in [3.63, 3.8) is 0 Å². The molecular weight excluding hydrogens is 239 g/mol. The summed E-state index contributed by atoms with van der Waals surface area (Å²) in [7, 11) is 0. The maximum absolute atomic E-state index is 13.0. The number of hydrogen-bond donors (Lipinski definition) is 0. The highest BCUT2D eigenvalue weighted by atomic mass is 19.4. The van der Waals surface area contributed by atoms with Crippen LogP contribution in [0, 0.1) is 0 Å². The second-order valence-corrected chi connectivity index (χ2v) is 4.00. The normalized spacial score (nSPS) is 14.8. The molecule has 0 bridgehead atoms. The fourth-order valence-corrected chi connectivity index (χ4v) is 1.42. The van der Waals surface area contributed by atoms with Crippen molar-refractivity contribution in [2.24, 2.45) is 0 Å². The van der Waals surface area contributed by atoms with Gasteiger partial charge in [-0.3, -0.25) is 0 Å². The van der Waals surface area contributed by atoms with Gasteiger partial charge in [0.25, 0.3) is 0 Å². The van der Waals surface area contributed by atoms with Crippen LogP contribution in [0.3, 0.4) is 0 Å². The first kappa shape index (κ1) is 13.9. The van der Waals surface area contributed by atoms with E-state index in [0.717, 1.165) is 24.1 Å². The van der Waals surface area contributed by atoms with Gasteiger partial charge in [-0.1, -0.05) is 38.1 Å². The lowest BCUT2D eigenvalue weighted by molar-refractivity contribution is -0.289. The summed E-state index contributed by atoms with van der Waals surface area (Å²) in [6.45, 7) is 3.81. The highest BCUT2D eigenvalue weighted by Gasteiger charge is 2.58. The van der Waals surface area contributed by atoms with E-state index in [-0.39, 0.29) is 5.92 Å². The van der Waals surface area contributed by atoms with Crippen molar-refractivity contribution in [1.82, 2.24) is 0 Å². The first-order valence-electron chi connectivity index (χ1n) is 5.25. The fraction of sp³-hybridized carbons (Fsp3) is 0.500. The average Bonchev–Trinajstić information content (AvgIpc) is 2.26. The molecule has 96 valence electrons. The van der Waals surface area contributed by atoms with Crippen LogP contribution < -0.4 is 0 Å². The molecule has 17 heavy (non-hydrogen) atoms. The largest absolute Gasteiger partial charge is 0.458 e. The van der Waals surface area contributed by atoms with Gasteiger partial charge in [-0.05, 0) is 17.9 Å². The molecule has 0 saturated heterocycles. The molecule has 0 aliphatic carbocycles. The summed E-state index contributed by atoms with van der Waals surface area (Å²) in [5.41, 5.74) is -0.258. The Morgan fingerprint density at radius 1 is 1.00 bits per heavy atom.